The van der Waals surface area contributed by atoms with Gasteiger partial charge in [-0.25, -0.2) is 9.59 Å². The Bertz CT molecular complexity index is 1900. The van der Waals surface area contributed by atoms with E-state index in [9.17, 15) is 39.3 Å². The number of hydrogen-bond acceptors (Lipinski definition) is 14. The van der Waals surface area contributed by atoms with Crippen LogP contribution in [0.5, 0.6) is 0 Å². The minimum atomic E-state index is -2.45. The van der Waals surface area contributed by atoms with E-state index in [-0.39, 0.29) is 55.1 Å². The van der Waals surface area contributed by atoms with Crippen LogP contribution in [0.15, 0.2) is 47.6 Å². The summed E-state index contributed by atoms with van der Waals surface area (Å²) < 4.78 is 36.0. The molecule has 0 aromatic carbocycles. The predicted octanol–water partition coefficient (Wildman–Crippen LogP) is 7.11. The Labute approximate surface area is 423 Å². The van der Waals surface area contributed by atoms with Crippen molar-refractivity contribution in [2.24, 2.45) is 35.5 Å². The van der Waals surface area contributed by atoms with Crippen molar-refractivity contribution in [2.75, 3.05) is 27.9 Å². The minimum absolute atomic E-state index is 0.00289. The van der Waals surface area contributed by atoms with Crippen LogP contribution in [0, 0.1) is 35.5 Å². The molecule has 0 radical (unpaired) electrons. The first-order chi connectivity index (χ1) is 33.5. The van der Waals surface area contributed by atoms with E-state index in [1.807, 2.05) is 65.0 Å². The summed E-state index contributed by atoms with van der Waals surface area (Å²) in [6.07, 6.45) is 9.70. The molecule has 3 aliphatic heterocycles. The third kappa shape index (κ3) is 16.6. The summed E-state index contributed by atoms with van der Waals surface area (Å²) in [5, 5.41) is 37.2. The molecule has 2 saturated heterocycles. The van der Waals surface area contributed by atoms with Crippen LogP contribution in [0.2, 0.25) is 0 Å². The van der Waals surface area contributed by atoms with Gasteiger partial charge in [0.05, 0.1) is 24.4 Å². The van der Waals surface area contributed by atoms with E-state index >= 15 is 0 Å². The lowest BCUT2D eigenvalue weighted by atomic mass is 9.78. The Morgan fingerprint density at radius 3 is 2.23 bits per heavy atom. The van der Waals surface area contributed by atoms with Gasteiger partial charge in [-0.3, -0.25) is 14.4 Å². The molecule has 4 N–H and O–H groups in total. The van der Waals surface area contributed by atoms with E-state index in [2.05, 4.69) is 5.32 Å². The third-order valence-electron chi connectivity index (χ3n) is 15.3. The average Bonchev–Trinajstić information content (AvgIpc) is 3.33. The molecule has 0 aromatic heterocycles. The maximum Gasteiger partial charge on any atom is 0.407 e. The van der Waals surface area contributed by atoms with Crippen molar-refractivity contribution < 1.29 is 67.7 Å². The maximum absolute atomic E-state index is 14.7. The van der Waals surface area contributed by atoms with Crippen LogP contribution in [0.1, 0.15) is 139 Å². The van der Waals surface area contributed by atoms with Gasteiger partial charge in [-0.2, -0.15) is 0 Å². The van der Waals surface area contributed by atoms with Crippen LogP contribution in [-0.4, -0.2) is 144 Å². The molecule has 6 unspecified atom stereocenters. The highest BCUT2D eigenvalue weighted by atomic mass is 16.6. The zero-order valence-electron chi connectivity index (χ0n) is 44.7. The van der Waals surface area contributed by atoms with Crippen LogP contribution in [-0.2, 0) is 47.6 Å². The monoisotopic (exact) mass is 1000 g/mol. The smallest absolute Gasteiger partial charge is 0.407 e. The van der Waals surface area contributed by atoms with Crippen molar-refractivity contribution in [1.29, 1.82) is 0 Å². The number of piperidine rings is 1. The highest BCUT2D eigenvalue weighted by molar-refractivity contribution is 6.39. The van der Waals surface area contributed by atoms with Crippen LogP contribution < -0.4 is 5.32 Å². The molecule has 4 rings (SSSR count). The molecule has 0 spiro atoms. The van der Waals surface area contributed by atoms with Gasteiger partial charge in [-0.1, -0.05) is 71.1 Å². The normalized spacial score (nSPS) is 39.0. The first-order valence-electron chi connectivity index (χ1n) is 26.2. The number of fused-ring (bicyclic) bond motifs is 3. The average molecular weight is 1000 g/mol. The van der Waals surface area contributed by atoms with E-state index < -0.39 is 96.1 Å². The van der Waals surface area contributed by atoms with Gasteiger partial charge in [-0.05, 0) is 121 Å². The molecule has 3 heterocycles. The number of nitrogens with one attached hydrogen (secondary N) is 1. The minimum Gasteiger partial charge on any atom is -0.460 e. The van der Waals surface area contributed by atoms with Gasteiger partial charge in [0.25, 0.3) is 11.7 Å². The van der Waals surface area contributed by atoms with Crippen molar-refractivity contribution >= 4 is 29.5 Å². The maximum atomic E-state index is 14.7. The van der Waals surface area contributed by atoms with Crippen molar-refractivity contribution in [1.82, 2.24) is 10.2 Å². The number of rotatable bonds is 8. The number of cyclic esters (lactones) is 1. The fraction of sp³-hybridized carbons (Fsp3) is 0.764. The summed E-state index contributed by atoms with van der Waals surface area (Å²) in [4.78, 5) is 72.1. The van der Waals surface area contributed by atoms with Crippen LogP contribution in [0.3, 0.4) is 0 Å². The van der Waals surface area contributed by atoms with E-state index in [0.29, 0.717) is 69.8 Å². The fourth-order valence-corrected chi connectivity index (χ4v) is 10.8. The lowest BCUT2D eigenvalue weighted by molar-refractivity contribution is -0.265. The number of allylic oxidation sites excluding steroid dienone is 5. The molecule has 4 aliphatic rings. The Balaban J connectivity index is 1.80. The number of esters is 1. The number of hydrogen-bond donors (Lipinski definition) is 4. The second-order valence-corrected chi connectivity index (χ2v) is 21.5. The van der Waals surface area contributed by atoms with E-state index in [0.717, 1.165) is 5.57 Å². The van der Waals surface area contributed by atoms with Gasteiger partial charge in [0.15, 0.2) is 5.78 Å². The second kappa shape index (κ2) is 28.1. The molecule has 2 amide bonds. The first kappa shape index (κ1) is 59.8. The van der Waals surface area contributed by atoms with Gasteiger partial charge < -0.3 is 54.0 Å². The number of Topliss-reactive ketones (excluding diaryl/α,β-unsaturated/α-hetero) is 2. The highest BCUT2D eigenvalue weighted by Crippen LogP contribution is 2.38. The molecule has 16 heteroatoms. The van der Waals surface area contributed by atoms with Gasteiger partial charge in [0, 0.05) is 64.5 Å². The van der Waals surface area contributed by atoms with Crippen LogP contribution >= 0.6 is 0 Å². The summed E-state index contributed by atoms with van der Waals surface area (Å²) in [5.74, 6) is -7.63. The van der Waals surface area contributed by atoms with E-state index in [4.69, 9.17) is 28.4 Å². The number of aliphatic hydroxyl groups excluding tert-OH is 2. The van der Waals surface area contributed by atoms with Gasteiger partial charge in [-0.15, -0.1) is 0 Å². The first-order valence-corrected chi connectivity index (χ1v) is 26.2. The molecule has 1 saturated carbocycles. The molecule has 16 atom stereocenters. The Morgan fingerprint density at radius 2 is 1.56 bits per heavy atom. The standard InChI is InChI=1S/C55H88N2O14/c1-32(2)56-54(64)70-46-31-45(36(6)28-40-22-24-43(58)47(29-40)67-11)69-53(63)42-20-16-17-25-57(42)52(62)51(61)55(65)39(9)21-23-41(71-55)30-44(66-10)34(4)19-15-13-14-18-33(3)26-37(7)48(59)50(68-12)49(60)38(8)27-35(46)5/h13-15,18-19,27,32-33,35-37,39-47,49-50,58,60,65H,16-17,20-26,28-31H2,1-12H3,(H,56,64)/b15-13+,18-14+,34-19+,38-27+/t33?,35-,36-,37?,39-,40?,41+,42?,43-,44+,45?,46-,47-,49?,50+,55-/m1/s1. The molecular formula is C55H88N2O14. The summed E-state index contributed by atoms with van der Waals surface area (Å²) in [6.45, 7) is 16.5. The number of nitrogens with zero attached hydrogens (tertiary/aromatic N) is 1. The van der Waals surface area contributed by atoms with Gasteiger partial charge in [0.1, 0.15) is 30.5 Å². The molecular weight excluding hydrogens is 913 g/mol. The number of alkyl carbamates (subject to hydrolysis) is 1. The van der Waals surface area contributed by atoms with Gasteiger partial charge >= 0.3 is 12.1 Å². The van der Waals surface area contributed by atoms with Crippen molar-refractivity contribution in [3.8, 4) is 0 Å². The summed E-state index contributed by atoms with van der Waals surface area (Å²) in [6, 6.07) is -1.42. The molecule has 1 aliphatic carbocycles. The molecule has 16 nitrogen and oxygen atoms in total. The number of ether oxygens (including phenoxy) is 6. The molecule has 402 valence electrons. The number of amides is 2. The molecule has 0 aromatic rings. The summed E-state index contributed by atoms with van der Waals surface area (Å²) in [7, 11) is 4.54. The zero-order valence-corrected chi connectivity index (χ0v) is 44.7. The Hall–Kier alpha value is -3.77. The highest BCUT2D eigenvalue weighted by Gasteiger charge is 2.53. The third-order valence-corrected chi connectivity index (χ3v) is 15.3. The second-order valence-electron chi connectivity index (χ2n) is 21.5. The van der Waals surface area contributed by atoms with Crippen LogP contribution in [0.4, 0.5) is 4.79 Å². The van der Waals surface area contributed by atoms with Crippen molar-refractivity contribution in [3.05, 3.63) is 47.6 Å². The van der Waals surface area contributed by atoms with E-state index in [1.54, 1.807) is 48.0 Å². The molecule has 2 bridgehead atoms. The number of methoxy groups -OCH3 is 3. The summed E-state index contributed by atoms with van der Waals surface area (Å²) >= 11 is 0. The summed E-state index contributed by atoms with van der Waals surface area (Å²) in [5.41, 5.74) is 1.29. The zero-order chi connectivity index (χ0) is 52.7. The lowest BCUT2D eigenvalue weighted by Crippen LogP contribution is -2.61. The number of carbonyl (C=O) groups excluding carboxylic acids is 5. The topological polar surface area (TPSA) is 217 Å². The lowest BCUT2D eigenvalue weighted by Gasteiger charge is -2.43. The fourth-order valence-electron chi connectivity index (χ4n) is 10.8. The van der Waals surface area contributed by atoms with Crippen molar-refractivity contribution in [2.45, 2.75) is 206 Å². The predicted molar refractivity (Wildman–Crippen MR) is 269 cm³/mol. The van der Waals surface area contributed by atoms with Crippen LogP contribution in [0.25, 0.3) is 0 Å². The molecule has 71 heavy (non-hydrogen) atoms. The number of ketones is 2. The van der Waals surface area contributed by atoms with Gasteiger partial charge in [0.2, 0.25) is 5.79 Å². The number of carbonyl (C=O) groups is 5. The largest absolute Gasteiger partial charge is 0.460 e. The Morgan fingerprint density at radius 1 is 0.845 bits per heavy atom. The Kier molecular flexibility index (Phi) is 23.6. The quantitative estimate of drug-likeness (QED) is 0.108. The SMILES string of the molecule is CO[C@H]1C[C@@H]2CC[C@@H](C)[C@@](O)(O2)C(=O)C(=O)N2CCCCC2C(=O)OC([C@H](C)CC2CC[C@@H](O)[C@H](OC)C2)C[C@@H](OC(=O)NC(C)C)[C@H](C)/C=C(\C)C(O)[C@@H](OC)C(=O)C(C)CC(C)/C=C/C=C/C=C/1C. The number of aliphatic hydroxyl groups is 3. The van der Waals surface area contributed by atoms with Crippen molar-refractivity contribution in [3.63, 3.8) is 0 Å². The molecule has 3 fully saturated rings. The van der Waals surface area contributed by atoms with E-state index in [1.165, 1.54) is 12.0 Å².